The summed E-state index contributed by atoms with van der Waals surface area (Å²) < 4.78 is 88.1. The molecule has 6 heterocycles. The lowest BCUT2D eigenvalue weighted by atomic mass is 9.97. The molecule has 3 aliphatic heterocycles. The molecule has 21 nitrogen and oxygen atoms in total. The summed E-state index contributed by atoms with van der Waals surface area (Å²) in [7, 11) is 3.10. The van der Waals surface area contributed by atoms with E-state index in [0.29, 0.717) is 97.7 Å². The molecule has 0 spiro atoms. The molecule has 3 aromatic heterocycles. The average molecular weight is 1420 g/mol. The van der Waals surface area contributed by atoms with Gasteiger partial charge in [-0.3, -0.25) is 19.2 Å². The van der Waals surface area contributed by atoms with Gasteiger partial charge in [0.2, 0.25) is 29.0 Å². The zero-order valence-electron chi connectivity index (χ0n) is 57.0. The normalized spacial score (nSPS) is 19.7. The van der Waals surface area contributed by atoms with Gasteiger partial charge < -0.3 is 59.6 Å². The molecule has 0 unspecified atom stereocenters. The van der Waals surface area contributed by atoms with Crippen molar-refractivity contribution in [1.82, 2.24) is 30.9 Å². The van der Waals surface area contributed by atoms with Gasteiger partial charge in [-0.1, -0.05) is 51.4 Å². The maximum absolute atomic E-state index is 14.1. The molecule has 3 aliphatic rings. The molecule has 0 aliphatic carbocycles. The van der Waals surface area contributed by atoms with E-state index in [0.717, 1.165) is 22.7 Å². The number of methoxy groups -OCH3 is 2. The fraction of sp³-hybridized carbons (Fsp3) is 0.466. The number of benzene rings is 3. The molecule has 520 valence electrons. The number of aromatic nitrogens is 3. The van der Waals surface area contributed by atoms with Crippen LogP contribution in [0.5, 0.6) is 34.9 Å². The molecule has 25 heteroatoms. The molecule has 5 N–H and O–H groups in total. The van der Waals surface area contributed by atoms with E-state index in [-0.39, 0.29) is 62.8 Å². The maximum atomic E-state index is 14.1. The molecule has 0 saturated carbocycles. The van der Waals surface area contributed by atoms with E-state index in [4.69, 9.17) is 63.2 Å². The predicted molar refractivity (Wildman–Crippen MR) is 371 cm³/mol. The van der Waals surface area contributed by atoms with Crippen LogP contribution in [0.1, 0.15) is 123 Å². The number of carbonyl (C=O) groups is 4. The Kier molecular flexibility index (Phi) is 29.4. The summed E-state index contributed by atoms with van der Waals surface area (Å²) in [5.41, 5.74) is 7.72. The highest BCUT2D eigenvalue weighted by Crippen LogP contribution is 2.42. The number of terminal acetylenes is 1. The summed E-state index contributed by atoms with van der Waals surface area (Å²) in [6, 6.07) is 8.78. The molecule has 3 saturated heterocycles. The number of nitrogens with one attached hydrogen (secondary N) is 3. The molecule has 98 heavy (non-hydrogen) atoms. The van der Waals surface area contributed by atoms with E-state index in [1.54, 1.807) is 55.9 Å². The lowest BCUT2D eigenvalue weighted by Gasteiger charge is -2.19. The number of hydrogen-bond acceptors (Lipinski definition) is 15. The molecule has 9 rings (SSSR count). The van der Waals surface area contributed by atoms with Gasteiger partial charge >= 0.3 is 0 Å². The lowest BCUT2D eigenvalue weighted by molar-refractivity contribution is -0.124. The Hall–Kier alpha value is -9.58. The number of unbranched alkanes of at least 4 members (excludes halogenated alkanes) is 1. The highest BCUT2D eigenvalue weighted by molar-refractivity contribution is 9.10. The van der Waals surface area contributed by atoms with Crippen LogP contribution in [0.2, 0.25) is 0 Å². The van der Waals surface area contributed by atoms with Crippen LogP contribution in [-0.2, 0) is 23.9 Å². The van der Waals surface area contributed by atoms with E-state index in [1.165, 1.54) is 13.3 Å². The quantitative estimate of drug-likeness (QED) is 0.0364. The molecule has 6 aromatic rings. The molecular weight excluding hydrogens is 1330 g/mol. The number of hydrogen-bond donors (Lipinski definition) is 4. The first-order chi connectivity index (χ1) is 46.9. The first-order valence-corrected chi connectivity index (χ1v) is 32.9. The first-order valence-electron chi connectivity index (χ1n) is 32.1. The molecule has 3 aromatic carbocycles. The third-order valence-electron chi connectivity index (χ3n) is 15.7. The first kappa shape index (κ1) is 77.4. The topological polar surface area (TPSA) is 252 Å². The van der Waals surface area contributed by atoms with Crippen LogP contribution in [0.25, 0.3) is 42.0 Å². The summed E-state index contributed by atoms with van der Waals surface area (Å²) in [4.78, 5) is 67.5. The summed E-state index contributed by atoms with van der Waals surface area (Å²) in [5, 5.41) is 11.8. The van der Waals surface area contributed by atoms with E-state index >= 15 is 0 Å². The minimum absolute atomic E-state index is 0.0411. The Bertz CT molecular complexity index is 4100. The van der Waals surface area contributed by atoms with Gasteiger partial charge in [0.05, 0.1) is 60.7 Å². The zero-order valence-corrected chi connectivity index (χ0v) is 58.6. The minimum atomic E-state index is -1.56. The maximum Gasteiger partial charge on any atom is 0.255 e. The number of nitrogens with zero attached hydrogens (tertiary/aromatic N) is 5. The van der Waals surface area contributed by atoms with E-state index in [2.05, 4.69) is 93.0 Å². The monoisotopic (exact) mass is 1410 g/mol. The number of fused-ring (bicyclic) bond motifs is 3. The third kappa shape index (κ3) is 19.8. The molecule has 0 bridgehead atoms. The van der Waals surface area contributed by atoms with Gasteiger partial charge in [-0.05, 0) is 130 Å². The molecule has 9 atom stereocenters. The van der Waals surface area contributed by atoms with Crippen molar-refractivity contribution in [3.8, 4) is 70.9 Å². The van der Waals surface area contributed by atoms with Crippen molar-refractivity contribution in [3.63, 3.8) is 0 Å². The Morgan fingerprint density at radius 1 is 0.582 bits per heavy atom. The number of halogens is 4. The highest BCUT2D eigenvalue weighted by atomic mass is 79.9. The number of primary amides is 1. The van der Waals surface area contributed by atoms with Crippen molar-refractivity contribution in [1.29, 1.82) is 0 Å². The van der Waals surface area contributed by atoms with Crippen LogP contribution in [0.4, 0.5) is 24.5 Å². The van der Waals surface area contributed by atoms with Gasteiger partial charge in [0.1, 0.15) is 50.3 Å². The van der Waals surface area contributed by atoms with Gasteiger partial charge in [-0.15, -0.1) is 12.3 Å². The van der Waals surface area contributed by atoms with Crippen molar-refractivity contribution in [2.24, 2.45) is 23.5 Å². The average Bonchev–Trinajstić information content (AvgIpc) is 1.10. The van der Waals surface area contributed by atoms with Crippen molar-refractivity contribution in [3.05, 3.63) is 99.0 Å². The van der Waals surface area contributed by atoms with E-state index < -0.39 is 78.0 Å². The van der Waals surface area contributed by atoms with Crippen LogP contribution in [0.3, 0.4) is 0 Å². The van der Waals surface area contributed by atoms with E-state index in [1.807, 2.05) is 62.3 Å². The minimum Gasteiger partial charge on any atom is -0.502 e. The molecule has 3 fully saturated rings. The van der Waals surface area contributed by atoms with Gasteiger partial charge in [-0.2, -0.15) is 0 Å². The highest BCUT2D eigenvalue weighted by Gasteiger charge is 2.44. The van der Waals surface area contributed by atoms with Crippen LogP contribution < -0.4 is 50.1 Å². The predicted octanol–water partition coefficient (Wildman–Crippen LogP) is 12.2. The Labute approximate surface area is 578 Å². The number of alkyl halides is 3. The Morgan fingerprint density at radius 2 is 0.939 bits per heavy atom. The summed E-state index contributed by atoms with van der Waals surface area (Å²) in [5.74, 6) is 12.5. The van der Waals surface area contributed by atoms with Gasteiger partial charge in [0.25, 0.3) is 23.6 Å². The van der Waals surface area contributed by atoms with Crippen molar-refractivity contribution in [2.75, 3.05) is 47.3 Å². The van der Waals surface area contributed by atoms with Gasteiger partial charge in [0.15, 0.2) is 18.5 Å². The van der Waals surface area contributed by atoms with Gasteiger partial charge in [0, 0.05) is 88.6 Å². The largest absolute Gasteiger partial charge is 0.502 e. The SMILES string of the molecule is C#CCCC.CC[C@@H]1[C@H](F)C(=O)N[C@@H]1COc1ncc(C#CCOC)c2cc(C(N)=O)c(OC(C)C)cc12.[C-]#[N+]c1cc2c(Br)cnc(OC[C@H]3NC(=O)[C@@H](F)[C@H]3CC)c2cc1OC(C)C.[C-]#[N+]c1cc2c(C#CCOC)cnc(OC[C@H]3NC(=O)[C@@H](F)[C@H]3CC)c2cc1OC(C)C. The van der Waals surface area contributed by atoms with Crippen LogP contribution in [0, 0.1) is 66.9 Å². The smallest absolute Gasteiger partial charge is 0.255 e. The second-order valence-electron chi connectivity index (χ2n) is 23.7. The summed E-state index contributed by atoms with van der Waals surface area (Å²) in [6.45, 7) is 34.4. The summed E-state index contributed by atoms with van der Waals surface area (Å²) in [6.07, 6.45) is 8.09. The number of nitrogens with two attached hydrogens (primary N) is 1. The Balaban J connectivity index is 0.000000224. The van der Waals surface area contributed by atoms with E-state index in [9.17, 15) is 32.3 Å². The Morgan fingerprint density at radius 3 is 1.28 bits per heavy atom. The number of ether oxygens (including phenoxy) is 8. The second-order valence-corrected chi connectivity index (χ2v) is 24.6. The summed E-state index contributed by atoms with van der Waals surface area (Å²) >= 11 is 3.46. The third-order valence-corrected chi connectivity index (χ3v) is 16.3. The zero-order chi connectivity index (χ0) is 71.9. The standard InChI is InChI=1S/C24H28FN3O5.C24H26FN3O4.C20H21BrFN3O3.C5H8/c1-5-15-19(28-23(30)21(15)25)12-32-24-17-10-20(33-13(2)3)18(22(26)29)9-16(17)14(11-27-24)7-6-8-31-4;1-6-16-20(28-23(29)22(16)25)13-31-24-18-11-21(32-14(2)3)19(26-4)10-17(18)15(12-27-24)8-7-9-30-5;1-5-11-16(25-19(26)18(11)22)9-27-20-13-7-17(28-10(2)3)15(23-4)6-12(13)14(21)8-24-20;1-3-5-4-2/h9-11,13,15,19,21H,5,8,12H2,1-4H3,(H2,26,29)(H,28,30);10-12,14,16,20,22H,6,9,13H2,1-3,5H3,(H,28,29);6-8,10-11,16,18H,5,9H2,1-3H3,(H,25,26);1H,4-5H2,2H3/t15-,19+,21-;16-,20+,22-;11-,16+,18-;/m000./s1. The number of rotatable bonds is 22. The fourth-order valence-corrected chi connectivity index (χ4v) is 11.4. The van der Waals surface area contributed by atoms with Crippen LogP contribution >= 0.6 is 15.9 Å². The number of amides is 4. The van der Waals surface area contributed by atoms with Crippen molar-refractivity contribution >= 4 is 83.3 Å². The molecule has 0 radical (unpaired) electrons. The van der Waals surface area contributed by atoms with Crippen molar-refractivity contribution < 1.29 is 70.2 Å². The van der Waals surface area contributed by atoms with Crippen molar-refractivity contribution in [2.45, 2.75) is 156 Å². The molecular formula is C73H83BrF3N9O12. The van der Waals surface area contributed by atoms with Gasteiger partial charge in [-0.25, -0.2) is 37.8 Å². The van der Waals surface area contributed by atoms with Crippen LogP contribution in [0.15, 0.2) is 59.5 Å². The van der Waals surface area contributed by atoms with Crippen LogP contribution in [-0.4, -0.2) is 141 Å². The lowest BCUT2D eigenvalue weighted by Crippen LogP contribution is -2.34. The second kappa shape index (κ2) is 37.2. The number of carbonyl (C=O) groups excluding carboxylic acids is 4. The fourth-order valence-electron chi connectivity index (χ4n) is 11.0. The molecule has 4 amide bonds. The number of pyridine rings is 3.